The third-order valence-electron chi connectivity index (χ3n) is 4.20. The van der Waals surface area contributed by atoms with Gasteiger partial charge in [-0.3, -0.25) is 0 Å². The monoisotopic (exact) mass is 349 g/mol. The predicted octanol–water partition coefficient (Wildman–Crippen LogP) is 3.83. The standard InChI is InChI=1S/C15H20BrN5/c1-15(2)5-3-4-13(9-15)21-14(18-19-20-21)10-6-11(16)8-12(17)7-10/h6-8,13H,3-5,9,17H2,1-2H3. The van der Waals surface area contributed by atoms with E-state index in [4.69, 9.17) is 5.73 Å². The minimum atomic E-state index is 0.350. The first-order valence-electron chi connectivity index (χ1n) is 7.29. The lowest BCUT2D eigenvalue weighted by molar-refractivity contribution is 0.174. The van der Waals surface area contributed by atoms with Gasteiger partial charge in [0, 0.05) is 15.7 Å². The van der Waals surface area contributed by atoms with Gasteiger partial charge in [-0.25, -0.2) is 4.68 Å². The summed E-state index contributed by atoms with van der Waals surface area (Å²) in [5.41, 5.74) is 7.94. The van der Waals surface area contributed by atoms with Gasteiger partial charge in [-0.2, -0.15) is 0 Å². The molecule has 1 fully saturated rings. The fourth-order valence-corrected chi connectivity index (χ4v) is 3.75. The topological polar surface area (TPSA) is 69.6 Å². The van der Waals surface area contributed by atoms with Gasteiger partial charge in [0.2, 0.25) is 0 Å². The van der Waals surface area contributed by atoms with Crippen LogP contribution < -0.4 is 5.73 Å². The molecule has 1 atom stereocenters. The second kappa shape index (κ2) is 5.40. The normalized spacial score (nSPS) is 21.4. The van der Waals surface area contributed by atoms with Gasteiger partial charge in [0.25, 0.3) is 0 Å². The Kier molecular flexibility index (Phi) is 3.73. The minimum Gasteiger partial charge on any atom is -0.399 e. The van der Waals surface area contributed by atoms with Gasteiger partial charge in [0.05, 0.1) is 6.04 Å². The molecule has 2 N–H and O–H groups in total. The van der Waals surface area contributed by atoms with Crippen LogP contribution >= 0.6 is 15.9 Å². The molecular weight excluding hydrogens is 330 g/mol. The van der Waals surface area contributed by atoms with Crippen LogP contribution in [0.1, 0.15) is 45.6 Å². The molecule has 21 heavy (non-hydrogen) atoms. The zero-order valence-corrected chi connectivity index (χ0v) is 14.0. The lowest BCUT2D eigenvalue weighted by Crippen LogP contribution is -2.26. The molecule has 0 radical (unpaired) electrons. The number of hydrogen-bond donors (Lipinski definition) is 1. The maximum Gasteiger partial charge on any atom is 0.182 e. The van der Waals surface area contributed by atoms with Crippen molar-refractivity contribution >= 4 is 21.6 Å². The highest BCUT2D eigenvalue weighted by atomic mass is 79.9. The van der Waals surface area contributed by atoms with Crippen LogP contribution in [0, 0.1) is 5.41 Å². The van der Waals surface area contributed by atoms with Crippen LogP contribution in [-0.4, -0.2) is 20.2 Å². The van der Waals surface area contributed by atoms with Crippen molar-refractivity contribution in [2.24, 2.45) is 5.41 Å². The number of halogens is 1. The number of nitrogens with zero attached hydrogens (tertiary/aromatic N) is 4. The molecule has 6 heteroatoms. The van der Waals surface area contributed by atoms with Gasteiger partial charge in [-0.1, -0.05) is 36.2 Å². The Balaban J connectivity index is 1.97. The zero-order valence-electron chi connectivity index (χ0n) is 12.4. The summed E-state index contributed by atoms with van der Waals surface area (Å²) in [6, 6.07) is 6.16. The van der Waals surface area contributed by atoms with Crippen LogP contribution in [0.25, 0.3) is 11.4 Å². The summed E-state index contributed by atoms with van der Waals surface area (Å²) in [6.07, 6.45) is 4.72. The summed E-state index contributed by atoms with van der Waals surface area (Å²) in [5, 5.41) is 12.3. The minimum absolute atomic E-state index is 0.350. The van der Waals surface area contributed by atoms with E-state index in [1.807, 2.05) is 22.9 Å². The van der Waals surface area contributed by atoms with E-state index in [-0.39, 0.29) is 0 Å². The number of rotatable bonds is 2. The smallest absolute Gasteiger partial charge is 0.182 e. The molecule has 1 heterocycles. The van der Waals surface area contributed by atoms with E-state index in [0.717, 1.165) is 28.7 Å². The fourth-order valence-electron chi connectivity index (χ4n) is 3.24. The van der Waals surface area contributed by atoms with Crippen LogP contribution in [0.4, 0.5) is 5.69 Å². The van der Waals surface area contributed by atoms with Crippen molar-refractivity contribution < 1.29 is 0 Å². The van der Waals surface area contributed by atoms with Crippen molar-refractivity contribution in [3.05, 3.63) is 22.7 Å². The van der Waals surface area contributed by atoms with E-state index < -0.39 is 0 Å². The summed E-state index contributed by atoms with van der Waals surface area (Å²) in [7, 11) is 0. The zero-order chi connectivity index (χ0) is 15.0. The van der Waals surface area contributed by atoms with Crippen molar-refractivity contribution in [2.75, 3.05) is 5.73 Å². The fraction of sp³-hybridized carbons (Fsp3) is 0.533. The molecule has 3 rings (SSSR count). The van der Waals surface area contributed by atoms with Crippen LogP contribution in [-0.2, 0) is 0 Å². The van der Waals surface area contributed by atoms with Gasteiger partial charge in [0.15, 0.2) is 5.82 Å². The predicted molar refractivity (Wildman–Crippen MR) is 86.7 cm³/mol. The van der Waals surface area contributed by atoms with Crippen molar-refractivity contribution in [2.45, 2.75) is 45.6 Å². The van der Waals surface area contributed by atoms with E-state index in [1.165, 1.54) is 12.8 Å². The lowest BCUT2D eigenvalue weighted by Gasteiger charge is -2.35. The van der Waals surface area contributed by atoms with E-state index in [9.17, 15) is 0 Å². The maximum absolute atomic E-state index is 5.93. The molecule has 2 aromatic rings. The number of aromatic nitrogens is 4. The Morgan fingerprint density at radius 2 is 2.14 bits per heavy atom. The van der Waals surface area contributed by atoms with Crippen LogP contribution in [0.5, 0.6) is 0 Å². The van der Waals surface area contributed by atoms with Crippen LogP contribution in [0.2, 0.25) is 0 Å². The van der Waals surface area contributed by atoms with Gasteiger partial charge in [-0.15, -0.1) is 5.10 Å². The van der Waals surface area contributed by atoms with Crippen LogP contribution in [0.15, 0.2) is 22.7 Å². The third kappa shape index (κ3) is 3.10. The maximum atomic E-state index is 5.93. The molecule has 112 valence electrons. The average Bonchev–Trinajstić information content (AvgIpc) is 2.85. The molecule has 1 saturated carbocycles. The number of nitrogens with two attached hydrogens (primary N) is 1. The number of anilines is 1. The molecular formula is C15H20BrN5. The summed E-state index contributed by atoms with van der Waals surface area (Å²) in [5.74, 6) is 0.797. The van der Waals surface area contributed by atoms with E-state index >= 15 is 0 Å². The lowest BCUT2D eigenvalue weighted by atomic mass is 9.75. The molecule has 0 spiro atoms. The molecule has 1 aliphatic rings. The first kappa shape index (κ1) is 14.5. The number of tetrazole rings is 1. The number of hydrogen-bond acceptors (Lipinski definition) is 4. The average molecular weight is 350 g/mol. The van der Waals surface area contributed by atoms with E-state index in [2.05, 4.69) is 45.3 Å². The van der Waals surface area contributed by atoms with Crippen molar-refractivity contribution in [1.82, 2.24) is 20.2 Å². The quantitative estimate of drug-likeness (QED) is 0.836. The largest absolute Gasteiger partial charge is 0.399 e. The van der Waals surface area contributed by atoms with Gasteiger partial charge < -0.3 is 5.73 Å². The summed E-state index contributed by atoms with van der Waals surface area (Å²) in [4.78, 5) is 0. The first-order valence-corrected chi connectivity index (χ1v) is 8.08. The summed E-state index contributed by atoms with van der Waals surface area (Å²) >= 11 is 3.48. The molecule has 1 aliphatic carbocycles. The third-order valence-corrected chi connectivity index (χ3v) is 4.65. The molecule has 0 amide bonds. The highest BCUT2D eigenvalue weighted by Gasteiger charge is 2.31. The Morgan fingerprint density at radius 3 is 2.86 bits per heavy atom. The summed E-state index contributed by atoms with van der Waals surface area (Å²) < 4.78 is 2.92. The number of nitrogen functional groups attached to an aromatic ring is 1. The van der Waals surface area contributed by atoms with Gasteiger partial charge in [-0.05, 0) is 53.3 Å². The van der Waals surface area contributed by atoms with Crippen molar-refractivity contribution in [3.8, 4) is 11.4 Å². The molecule has 1 aromatic heterocycles. The van der Waals surface area contributed by atoms with E-state index in [1.54, 1.807) is 0 Å². The molecule has 1 unspecified atom stereocenters. The van der Waals surface area contributed by atoms with Crippen LogP contribution in [0.3, 0.4) is 0 Å². The summed E-state index contributed by atoms with van der Waals surface area (Å²) in [6.45, 7) is 4.64. The molecule has 0 bridgehead atoms. The molecule has 5 nitrogen and oxygen atoms in total. The Bertz CT molecular complexity index is 629. The SMILES string of the molecule is CC1(C)CCCC(n2nnnc2-c2cc(N)cc(Br)c2)C1. The highest BCUT2D eigenvalue weighted by molar-refractivity contribution is 9.10. The van der Waals surface area contributed by atoms with Gasteiger partial charge >= 0.3 is 0 Å². The molecule has 0 aliphatic heterocycles. The highest BCUT2D eigenvalue weighted by Crippen LogP contribution is 2.41. The van der Waals surface area contributed by atoms with Crippen molar-refractivity contribution in [1.29, 1.82) is 0 Å². The Labute approximate surface area is 133 Å². The second-order valence-electron chi connectivity index (χ2n) is 6.63. The van der Waals surface area contributed by atoms with Crippen molar-refractivity contribution in [3.63, 3.8) is 0 Å². The number of benzene rings is 1. The molecule has 1 aromatic carbocycles. The molecule has 0 saturated heterocycles. The Hall–Kier alpha value is -1.43. The first-order chi connectivity index (χ1) is 9.94. The van der Waals surface area contributed by atoms with E-state index in [0.29, 0.717) is 17.1 Å². The Morgan fingerprint density at radius 1 is 1.33 bits per heavy atom. The second-order valence-corrected chi connectivity index (χ2v) is 7.55. The van der Waals surface area contributed by atoms with Gasteiger partial charge in [0.1, 0.15) is 0 Å².